The van der Waals surface area contributed by atoms with Crippen molar-refractivity contribution in [3.8, 4) is 0 Å². The van der Waals surface area contributed by atoms with E-state index in [4.69, 9.17) is 16.3 Å². The van der Waals surface area contributed by atoms with Gasteiger partial charge < -0.3 is 10.1 Å². The number of methoxy groups -OCH3 is 1. The number of hydrogen-bond acceptors (Lipinski definition) is 6. The van der Waals surface area contributed by atoms with Gasteiger partial charge in [0.15, 0.2) is 5.16 Å². The number of aromatic nitrogens is 3. The van der Waals surface area contributed by atoms with E-state index < -0.39 is 0 Å². The van der Waals surface area contributed by atoms with Crippen molar-refractivity contribution in [2.75, 3.05) is 31.8 Å². The molecule has 1 aromatic rings. The lowest BCUT2D eigenvalue weighted by atomic mass is 10.5. The van der Waals surface area contributed by atoms with Crippen LogP contribution in [0.25, 0.3) is 0 Å². The zero-order valence-electron chi connectivity index (χ0n) is 8.66. The summed E-state index contributed by atoms with van der Waals surface area (Å²) in [6, 6.07) is 0. The lowest BCUT2D eigenvalue weighted by Gasteiger charge is -2.02. The van der Waals surface area contributed by atoms with E-state index in [1.54, 1.807) is 14.2 Å². The molecule has 1 heterocycles. The van der Waals surface area contributed by atoms with Crippen LogP contribution in [0.1, 0.15) is 6.42 Å². The van der Waals surface area contributed by atoms with Crippen molar-refractivity contribution >= 4 is 29.3 Å². The highest BCUT2D eigenvalue weighted by atomic mass is 35.5. The third-order valence-corrected chi connectivity index (χ3v) is 2.64. The van der Waals surface area contributed by atoms with E-state index in [-0.39, 0.29) is 5.28 Å². The number of ether oxygens (including phenoxy) is 1. The highest BCUT2D eigenvalue weighted by Gasteiger charge is 2.03. The van der Waals surface area contributed by atoms with Gasteiger partial charge in [-0.2, -0.15) is 15.0 Å². The third-order valence-electron chi connectivity index (χ3n) is 1.54. The summed E-state index contributed by atoms with van der Waals surface area (Å²) >= 11 is 7.27. The topological polar surface area (TPSA) is 59.9 Å². The number of hydrogen-bond donors (Lipinski definition) is 1. The Hall–Kier alpha value is -0.590. The molecule has 7 heteroatoms. The van der Waals surface area contributed by atoms with E-state index in [0.29, 0.717) is 11.1 Å². The molecule has 0 bridgehead atoms. The molecule has 1 aromatic heterocycles. The number of rotatable bonds is 6. The van der Waals surface area contributed by atoms with E-state index in [1.165, 1.54) is 11.8 Å². The Morgan fingerprint density at radius 1 is 1.40 bits per heavy atom. The molecule has 0 radical (unpaired) electrons. The van der Waals surface area contributed by atoms with Gasteiger partial charge in [-0.05, 0) is 18.0 Å². The van der Waals surface area contributed by atoms with Gasteiger partial charge in [-0.25, -0.2) is 0 Å². The highest BCUT2D eigenvalue weighted by molar-refractivity contribution is 7.99. The molecule has 1 N–H and O–H groups in total. The van der Waals surface area contributed by atoms with Crippen LogP contribution >= 0.6 is 23.4 Å². The molecule has 0 atom stereocenters. The summed E-state index contributed by atoms with van der Waals surface area (Å²) in [7, 11) is 3.43. The molecular formula is C8H13ClN4OS. The van der Waals surface area contributed by atoms with Gasteiger partial charge >= 0.3 is 0 Å². The molecule has 1 rings (SSSR count). The summed E-state index contributed by atoms with van der Waals surface area (Å²) in [5.41, 5.74) is 0. The first kappa shape index (κ1) is 12.5. The fraction of sp³-hybridized carbons (Fsp3) is 0.625. The van der Waals surface area contributed by atoms with Gasteiger partial charge in [-0.15, -0.1) is 0 Å². The second-order valence-corrected chi connectivity index (χ2v) is 4.06. The van der Waals surface area contributed by atoms with Crippen LogP contribution in [0.5, 0.6) is 0 Å². The minimum Gasteiger partial charge on any atom is -0.385 e. The molecular weight excluding hydrogens is 236 g/mol. The third kappa shape index (κ3) is 4.63. The van der Waals surface area contributed by atoms with Crippen molar-refractivity contribution in [2.45, 2.75) is 11.6 Å². The molecule has 0 saturated carbocycles. The Morgan fingerprint density at radius 2 is 2.20 bits per heavy atom. The van der Waals surface area contributed by atoms with Crippen LogP contribution in [-0.2, 0) is 4.74 Å². The summed E-state index contributed by atoms with van der Waals surface area (Å²) in [4.78, 5) is 12.0. The lowest BCUT2D eigenvalue weighted by Crippen LogP contribution is -2.00. The number of anilines is 1. The minimum absolute atomic E-state index is 0.212. The molecule has 84 valence electrons. The smallest absolute Gasteiger partial charge is 0.228 e. The van der Waals surface area contributed by atoms with Crippen LogP contribution in [0.15, 0.2) is 5.16 Å². The SMILES string of the molecule is CNc1nc(Cl)nc(SCCCOC)n1. The van der Waals surface area contributed by atoms with E-state index >= 15 is 0 Å². The molecule has 0 fully saturated rings. The predicted molar refractivity (Wildman–Crippen MR) is 61.6 cm³/mol. The number of halogens is 1. The van der Waals surface area contributed by atoms with Crippen LogP contribution in [0, 0.1) is 0 Å². The van der Waals surface area contributed by atoms with Crippen LogP contribution in [-0.4, -0.2) is 41.5 Å². The Balaban J connectivity index is 2.49. The largest absolute Gasteiger partial charge is 0.385 e. The molecule has 0 unspecified atom stereocenters. The Morgan fingerprint density at radius 3 is 2.87 bits per heavy atom. The molecule has 0 amide bonds. The molecule has 0 aliphatic heterocycles. The average molecular weight is 249 g/mol. The maximum atomic E-state index is 5.73. The Labute approximate surface area is 98.0 Å². The first-order chi connectivity index (χ1) is 7.26. The highest BCUT2D eigenvalue weighted by Crippen LogP contribution is 2.16. The van der Waals surface area contributed by atoms with Gasteiger partial charge in [0.2, 0.25) is 11.2 Å². The quantitative estimate of drug-likeness (QED) is 0.611. The van der Waals surface area contributed by atoms with Crippen molar-refractivity contribution in [3.05, 3.63) is 5.28 Å². The first-order valence-electron chi connectivity index (χ1n) is 4.47. The first-order valence-corrected chi connectivity index (χ1v) is 5.83. The number of nitrogens with one attached hydrogen (secondary N) is 1. The predicted octanol–water partition coefficient (Wildman–Crippen LogP) is 1.70. The molecule has 5 nitrogen and oxygen atoms in total. The normalized spacial score (nSPS) is 10.3. The van der Waals surface area contributed by atoms with E-state index in [2.05, 4.69) is 20.3 Å². The lowest BCUT2D eigenvalue weighted by molar-refractivity contribution is 0.200. The zero-order valence-corrected chi connectivity index (χ0v) is 10.2. The number of nitrogens with zero attached hydrogens (tertiary/aromatic N) is 3. The van der Waals surface area contributed by atoms with Crippen LogP contribution in [0.3, 0.4) is 0 Å². The van der Waals surface area contributed by atoms with E-state index in [9.17, 15) is 0 Å². The fourth-order valence-corrected chi connectivity index (χ4v) is 1.83. The summed E-state index contributed by atoms with van der Waals surface area (Å²) < 4.78 is 4.94. The van der Waals surface area contributed by atoms with Gasteiger partial charge in [0.1, 0.15) is 0 Å². The molecule has 0 saturated heterocycles. The molecule has 15 heavy (non-hydrogen) atoms. The molecule has 0 spiro atoms. The van der Waals surface area contributed by atoms with Crippen LogP contribution < -0.4 is 5.32 Å². The van der Waals surface area contributed by atoms with Crippen LogP contribution in [0.2, 0.25) is 5.28 Å². The Bertz CT molecular complexity index is 313. The van der Waals surface area contributed by atoms with E-state index in [0.717, 1.165) is 18.8 Å². The summed E-state index contributed by atoms with van der Waals surface area (Å²) in [5, 5.41) is 3.67. The summed E-state index contributed by atoms with van der Waals surface area (Å²) in [6.07, 6.45) is 0.958. The monoisotopic (exact) mass is 248 g/mol. The standard InChI is InChI=1S/C8H13ClN4OS/c1-10-7-11-6(9)12-8(13-7)15-5-3-4-14-2/h3-5H2,1-2H3,(H,10,11,12,13). The van der Waals surface area contributed by atoms with E-state index in [1.807, 2.05) is 0 Å². The summed E-state index contributed by atoms with van der Waals surface area (Å²) in [5.74, 6) is 1.39. The second-order valence-electron chi connectivity index (χ2n) is 2.66. The van der Waals surface area contributed by atoms with Gasteiger partial charge in [0.25, 0.3) is 0 Å². The van der Waals surface area contributed by atoms with Gasteiger partial charge in [0, 0.05) is 26.5 Å². The van der Waals surface area contributed by atoms with Crippen LogP contribution in [0.4, 0.5) is 5.95 Å². The zero-order chi connectivity index (χ0) is 11.1. The average Bonchev–Trinajstić information content (AvgIpc) is 2.23. The number of thioether (sulfide) groups is 1. The second kappa shape index (κ2) is 6.81. The molecule has 0 aliphatic rings. The van der Waals surface area contributed by atoms with Gasteiger partial charge in [-0.3, -0.25) is 0 Å². The van der Waals surface area contributed by atoms with Crippen molar-refractivity contribution < 1.29 is 4.74 Å². The molecule has 0 aliphatic carbocycles. The van der Waals surface area contributed by atoms with Crippen molar-refractivity contribution in [1.82, 2.24) is 15.0 Å². The van der Waals surface area contributed by atoms with Crippen molar-refractivity contribution in [2.24, 2.45) is 0 Å². The maximum absolute atomic E-state index is 5.73. The Kier molecular flexibility index (Phi) is 5.67. The maximum Gasteiger partial charge on any atom is 0.228 e. The minimum atomic E-state index is 0.212. The molecule has 0 aromatic carbocycles. The van der Waals surface area contributed by atoms with Gasteiger partial charge in [0.05, 0.1) is 0 Å². The van der Waals surface area contributed by atoms with Gasteiger partial charge in [-0.1, -0.05) is 11.8 Å². The summed E-state index contributed by atoms with van der Waals surface area (Å²) in [6.45, 7) is 0.741. The van der Waals surface area contributed by atoms with Crippen molar-refractivity contribution in [3.63, 3.8) is 0 Å². The fourth-order valence-electron chi connectivity index (χ4n) is 0.875. The van der Waals surface area contributed by atoms with Crippen molar-refractivity contribution in [1.29, 1.82) is 0 Å².